The van der Waals surface area contributed by atoms with Crippen LogP contribution in [0.2, 0.25) is 0 Å². The number of aliphatic hydroxyl groups excluding tert-OH is 1. The van der Waals surface area contributed by atoms with Crippen molar-refractivity contribution in [2.75, 3.05) is 19.7 Å². The van der Waals surface area contributed by atoms with E-state index < -0.39 is 0 Å². The number of ketones is 1. The molecule has 0 aliphatic heterocycles. The zero-order valence-corrected chi connectivity index (χ0v) is 9.04. The van der Waals surface area contributed by atoms with Crippen LogP contribution in [0, 0.1) is 0 Å². The molecular weight excluding hydrogens is 178 g/mol. The van der Waals surface area contributed by atoms with Crippen LogP contribution in [0.25, 0.3) is 0 Å². The van der Waals surface area contributed by atoms with Gasteiger partial charge in [0.05, 0.1) is 6.04 Å². The molecule has 1 rings (SSSR count). The van der Waals surface area contributed by atoms with E-state index in [0.29, 0.717) is 5.78 Å². The molecule has 0 heterocycles. The maximum atomic E-state index is 11.7. The molecule has 14 heavy (non-hydrogen) atoms. The Morgan fingerprint density at radius 2 is 2.29 bits per heavy atom. The summed E-state index contributed by atoms with van der Waals surface area (Å²) >= 11 is 0. The molecule has 3 nitrogen and oxygen atoms in total. The monoisotopic (exact) mass is 199 g/mol. The second-order valence-electron chi connectivity index (χ2n) is 3.93. The van der Waals surface area contributed by atoms with E-state index in [-0.39, 0.29) is 12.6 Å². The van der Waals surface area contributed by atoms with Gasteiger partial charge < -0.3 is 5.11 Å². The van der Waals surface area contributed by atoms with Crippen molar-refractivity contribution < 1.29 is 9.90 Å². The van der Waals surface area contributed by atoms with Crippen LogP contribution in [0.1, 0.15) is 39.0 Å². The lowest BCUT2D eigenvalue weighted by molar-refractivity contribution is -0.126. The van der Waals surface area contributed by atoms with Crippen molar-refractivity contribution in [2.45, 2.75) is 45.1 Å². The average molecular weight is 199 g/mol. The number of Topliss-reactive ketones (excluding diaryl/α,β-unsaturated/α-hetero) is 1. The van der Waals surface area contributed by atoms with Gasteiger partial charge in [-0.05, 0) is 25.8 Å². The van der Waals surface area contributed by atoms with E-state index in [1.165, 1.54) is 6.42 Å². The summed E-state index contributed by atoms with van der Waals surface area (Å²) in [5.41, 5.74) is 0. The molecule has 1 fully saturated rings. The van der Waals surface area contributed by atoms with Gasteiger partial charge in [-0.1, -0.05) is 13.3 Å². The minimum Gasteiger partial charge on any atom is -0.396 e. The Morgan fingerprint density at radius 3 is 2.86 bits per heavy atom. The third-order valence-electron chi connectivity index (χ3n) is 2.97. The Kier molecular flexibility index (Phi) is 5.12. The minimum absolute atomic E-state index is 0.139. The number of likely N-dealkylation sites (N-methyl/N-ethyl adjacent to an activating group) is 1. The van der Waals surface area contributed by atoms with Crippen molar-refractivity contribution in [3.05, 3.63) is 0 Å². The van der Waals surface area contributed by atoms with Crippen molar-refractivity contribution in [3.63, 3.8) is 0 Å². The predicted octanol–water partition coefficient (Wildman–Crippen LogP) is 1.20. The maximum Gasteiger partial charge on any atom is 0.149 e. The van der Waals surface area contributed by atoms with E-state index in [1.54, 1.807) is 0 Å². The molecule has 1 unspecified atom stereocenters. The number of nitrogens with zero attached hydrogens (tertiary/aromatic N) is 1. The molecule has 0 aromatic carbocycles. The molecule has 1 aliphatic rings. The van der Waals surface area contributed by atoms with Gasteiger partial charge in [0.25, 0.3) is 0 Å². The minimum atomic E-state index is 0.139. The van der Waals surface area contributed by atoms with Gasteiger partial charge in [-0.3, -0.25) is 9.69 Å². The van der Waals surface area contributed by atoms with Crippen molar-refractivity contribution in [1.29, 1.82) is 0 Å². The molecule has 0 saturated heterocycles. The molecule has 3 heteroatoms. The van der Waals surface area contributed by atoms with Crippen molar-refractivity contribution in [2.24, 2.45) is 0 Å². The lowest BCUT2D eigenvalue weighted by atomic mass is 9.93. The van der Waals surface area contributed by atoms with Crippen LogP contribution in [-0.2, 0) is 4.79 Å². The molecular formula is C11H21NO2. The van der Waals surface area contributed by atoms with Crippen LogP contribution in [0.15, 0.2) is 0 Å². The summed E-state index contributed by atoms with van der Waals surface area (Å²) in [5.74, 6) is 0.399. The normalized spacial score (nSPS) is 23.1. The van der Waals surface area contributed by atoms with Crippen molar-refractivity contribution in [1.82, 2.24) is 4.90 Å². The molecule has 82 valence electrons. The van der Waals surface area contributed by atoms with Gasteiger partial charge in [0, 0.05) is 19.6 Å². The molecule has 0 aromatic heterocycles. The standard InChI is InChI=1S/C11H21NO2/c1-2-12(8-5-9-13)10-6-3-4-7-11(10)14/h10,13H,2-9H2,1H3. The summed E-state index contributed by atoms with van der Waals surface area (Å²) in [7, 11) is 0. The van der Waals surface area contributed by atoms with E-state index in [9.17, 15) is 4.79 Å². The fraction of sp³-hybridized carbons (Fsp3) is 0.909. The van der Waals surface area contributed by atoms with Crippen LogP contribution in [-0.4, -0.2) is 41.5 Å². The molecule has 0 radical (unpaired) electrons. The summed E-state index contributed by atoms with van der Waals surface area (Å²) in [6, 6.07) is 0.139. The summed E-state index contributed by atoms with van der Waals surface area (Å²) in [6.07, 6.45) is 4.77. The second kappa shape index (κ2) is 6.14. The van der Waals surface area contributed by atoms with Gasteiger partial charge >= 0.3 is 0 Å². The number of carbonyl (C=O) groups excluding carboxylic acids is 1. The van der Waals surface area contributed by atoms with Gasteiger partial charge in [-0.2, -0.15) is 0 Å². The van der Waals surface area contributed by atoms with E-state index in [1.807, 2.05) is 0 Å². The van der Waals surface area contributed by atoms with Crippen LogP contribution >= 0.6 is 0 Å². The highest BCUT2D eigenvalue weighted by molar-refractivity contribution is 5.84. The van der Waals surface area contributed by atoms with E-state index in [0.717, 1.165) is 38.8 Å². The van der Waals surface area contributed by atoms with Gasteiger partial charge in [0.2, 0.25) is 0 Å². The SMILES string of the molecule is CCN(CCCO)C1CCCCC1=O. The summed E-state index contributed by atoms with van der Waals surface area (Å²) in [4.78, 5) is 13.9. The third kappa shape index (κ3) is 3.07. The lowest BCUT2D eigenvalue weighted by Gasteiger charge is -2.32. The predicted molar refractivity (Wildman–Crippen MR) is 56.2 cm³/mol. The number of aliphatic hydroxyl groups is 1. The molecule has 1 N–H and O–H groups in total. The van der Waals surface area contributed by atoms with Crippen LogP contribution in [0.5, 0.6) is 0 Å². The largest absolute Gasteiger partial charge is 0.396 e. The van der Waals surface area contributed by atoms with Crippen molar-refractivity contribution >= 4 is 5.78 Å². The average Bonchev–Trinajstić information content (AvgIpc) is 2.21. The van der Waals surface area contributed by atoms with Crippen LogP contribution in [0.3, 0.4) is 0 Å². The Labute approximate surface area is 86.1 Å². The molecule has 0 aromatic rings. The van der Waals surface area contributed by atoms with E-state index in [2.05, 4.69) is 11.8 Å². The molecule has 1 atom stereocenters. The van der Waals surface area contributed by atoms with Crippen LogP contribution < -0.4 is 0 Å². The Bertz CT molecular complexity index is 182. The van der Waals surface area contributed by atoms with Gasteiger partial charge in [-0.15, -0.1) is 0 Å². The van der Waals surface area contributed by atoms with Crippen LogP contribution in [0.4, 0.5) is 0 Å². The fourth-order valence-electron chi connectivity index (χ4n) is 2.16. The number of hydrogen-bond acceptors (Lipinski definition) is 3. The van der Waals surface area contributed by atoms with Gasteiger partial charge in [0.1, 0.15) is 5.78 Å². The summed E-state index contributed by atoms with van der Waals surface area (Å²) in [6.45, 7) is 4.07. The number of carbonyl (C=O) groups is 1. The molecule has 1 saturated carbocycles. The first kappa shape index (κ1) is 11.7. The van der Waals surface area contributed by atoms with E-state index >= 15 is 0 Å². The first-order valence-electron chi connectivity index (χ1n) is 5.67. The fourth-order valence-corrected chi connectivity index (χ4v) is 2.16. The van der Waals surface area contributed by atoms with Crippen molar-refractivity contribution in [3.8, 4) is 0 Å². The van der Waals surface area contributed by atoms with Gasteiger partial charge in [-0.25, -0.2) is 0 Å². The zero-order valence-electron chi connectivity index (χ0n) is 9.04. The van der Waals surface area contributed by atoms with Gasteiger partial charge in [0.15, 0.2) is 0 Å². The molecule has 0 bridgehead atoms. The maximum absolute atomic E-state index is 11.7. The topological polar surface area (TPSA) is 40.5 Å². The summed E-state index contributed by atoms with van der Waals surface area (Å²) < 4.78 is 0. The Hall–Kier alpha value is -0.410. The molecule has 0 amide bonds. The highest BCUT2D eigenvalue weighted by Gasteiger charge is 2.26. The molecule has 0 spiro atoms. The first-order chi connectivity index (χ1) is 6.79. The highest BCUT2D eigenvalue weighted by atomic mass is 16.3. The Morgan fingerprint density at radius 1 is 1.50 bits per heavy atom. The summed E-state index contributed by atoms with van der Waals surface area (Å²) in [5, 5.41) is 8.76. The smallest absolute Gasteiger partial charge is 0.149 e. The number of rotatable bonds is 5. The Balaban J connectivity index is 2.44. The first-order valence-corrected chi connectivity index (χ1v) is 5.67. The zero-order chi connectivity index (χ0) is 10.4. The third-order valence-corrected chi connectivity index (χ3v) is 2.97. The quantitative estimate of drug-likeness (QED) is 0.723. The lowest BCUT2D eigenvalue weighted by Crippen LogP contribution is -2.43. The number of hydrogen-bond donors (Lipinski definition) is 1. The van der Waals surface area contributed by atoms with E-state index in [4.69, 9.17) is 5.11 Å². The highest BCUT2D eigenvalue weighted by Crippen LogP contribution is 2.19. The second-order valence-corrected chi connectivity index (χ2v) is 3.93. The molecule has 1 aliphatic carbocycles.